The third kappa shape index (κ3) is 8.15. The van der Waals surface area contributed by atoms with E-state index in [1.807, 2.05) is 0 Å². The number of hydrogen-bond acceptors (Lipinski definition) is 1. The van der Waals surface area contributed by atoms with Gasteiger partial charge in [-0.3, -0.25) is 0 Å². The highest BCUT2D eigenvalue weighted by Crippen LogP contribution is 2.21. The van der Waals surface area contributed by atoms with Crippen LogP contribution in [0.5, 0.6) is 0 Å². The second kappa shape index (κ2) is 9.04. The Labute approximate surface area is 103 Å². The smallest absolute Gasteiger partial charge is 0.00614 e. The molecule has 0 aromatic carbocycles. The molecule has 16 heavy (non-hydrogen) atoms. The van der Waals surface area contributed by atoms with Crippen LogP contribution in [0.25, 0.3) is 0 Å². The minimum atomic E-state index is 0.651. The zero-order valence-corrected chi connectivity index (χ0v) is 12.3. The molecule has 0 aromatic heterocycles. The van der Waals surface area contributed by atoms with Gasteiger partial charge in [-0.15, -0.1) is 0 Å². The van der Waals surface area contributed by atoms with Crippen molar-refractivity contribution in [2.45, 2.75) is 72.8 Å². The van der Waals surface area contributed by atoms with Crippen molar-refractivity contribution in [1.29, 1.82) is 0 Å². The lowest BCUT2D eigenvalue weighted by molar-refractivity contribution is 0.324. The fraction of sp³-hybridized carbons (Fsp3) is 1.00. The van der Waals surface area contributed by atoms with Crippen LogP contribution in [0.2, 0.25) is 0 Å². The first-order valence-corrected chi connectivity index (χ1v) is 7.14. The first kappa shape index (κ1) is 16.0. The van der Waals surface area contributed by atoms with Gasteiger partial charge in [0.2, 0.25) is 0 Å². The third-order valence-corrected chi connectivity index (χ3v) is 3.81. The molecule has 0 aliphatic carbocycles. The molecule has 0 rings (SSSR count). The van der Waals surface area contributed by atoms with E-state index in [0.717, 1.165) is 17.8 Å². The fourth-order valence-electron chi connectivity index (χ4n) is 2.29. The van der Waals surface area contributed by atoms with E-state index in [1.54, 1.807) is 0 Å². The number of unbranched alkanes of at least 4 members (excludes halogenated alkanes) is 1. The van der Waals surface area contributed by atoms with Crippen molar-refractivity contribution in [2.75, 3.05) is 7.05 Å². The van der Waals surface area contributed by atoms with E-state index in [-0.39, 0.29) is 0 Å². The standard InChI is InChI=1S/C15H33N/c1-12(2)9-7-8-10-13(3)11-14(4)15(5)16-6/h12-16H,7-11H2,1-6H3/t13?,14?,15-/m0/s1. The van der Waals surface area contributed by atoms with Gasteiger partial charge in [0, 0.05) is 6.04 Å². The van der Waals surface area contributed by atoms with Gasteiger partial charge in [-0.2, -0.15) is 0 Å². The Morgan fingerprint density at radius 1 is 0.875 bits per heavy atom. The van der Waals surface area contributed by atoms with Crippen LogP contribution in [0, 0.1) is 17.8 Å². The molecule has 2 unspecified atom stereocenters. The van der Waals surface area contributed by atoms with E-state index in [2.05, 4.69) is 47.0 Å². The van der Waals surface area contributed by atoms with Gasteiger partial charge in [0.25, 0.3) is 0 Å². The van der Waals surface area contributed by atoms with Crippen molar-refractivity contribution in [3.63, 3.8) is 0 Å². The summed E-state index contributed by atoms with van der Waals surface area (Å²) in [5, 5.41) is 3.35. The van der Waals surface area contributed by atoms with Gasteiger partial charge in [0.15, 0.2) is 0 Å². The van der Waals surface area contributed by atoms with E-state index in [4.69, 9.17) is 0 Å². The SMILES string of the molecule is CN[C@@H](C)C(C)CC(C)CCCCC(C)C. The summed E-state index contributed by atoms with van der Waals surface area (Å²) >= 11 is 0. The van der Waals surface area contributed by atoms with E-state index in [1.165, 1.54) is 32.1 Å². The molecule has 0 amide bonds. The monoisotopic (exact) mass is 227 g/mol. The van der Waals surface area contributed by atoms with Crippen LogP contribution < -0.4 is 5.32 Å². The second-order valence-electron chi connectivity index (χ2n) is 6.07. The summed E-state index contributed by atoms with van der Waals surface area (Å²) < 4.78 is 0. The molecule has 0 bridgehead atoms. The molecule has 0 aromatic rings. The maximum Gasteiger partial charge on any atom is 0.00614 e. The molecule has 0 aliphatic heterocycles. The highest BCUT2D eigenvalue weighted by Gasteiger charge is 2.13. The summed E-state index contributed by atoms with van der Waals surface area (Å²) in [4.78, 5) is 0. The van der Waals surface area contributed by atoms with Crippen LogP contribution in [0.15, 0.2) is 0 Å². The lowest BCUT2D eigenvalue weighted by atomic mass is 9.88. The Morgan fingerprint density at radius 2 is 1.44 bits per heavy atom. The molecule has 0 radical (unpaired) electrons. The molecule has 1 nitrogen and oxygen atoms in total. The molecule has 0 spiro atoms. The minimum absolute atomic E-state index is 0.651. The van der Waals surface area contributed by atoms with Crippen molar-refractivity contribution in [1.82, 2.24) is 5.32 Å². The lowest BCUT2D eigenvalue weighted by Crippen LogP contribution is -2.29. The maximum atomic E-state index is 3.35. The maximum absolute atomic E-state index is 3.35. The zero-order chi connectivity index (χ0) is 12.6. The van der Waals surface area contributed by atoms with Crippen molar-refractivity contribution < 1.29 is 0 Å². The normalized spacial score (nSPS) is 17.4. The van der Waals surface area contributed by atoms with Crippen LogP contribution in [0.3, 0.4) is 0 Å². The first-order valence-electron chi connectivity index (χ1n) is 7.14. The van der Waals surface area contributed by atoms with Crippen molar-refractivity contribution >= 4 is 0 Å². The second-order valence-corrected chi connectivity index (χ2v) is 6.07. The Hall–Kier alpha value is -0.0400. The van der Waals surface area contributed by atoms with E-state index >= 15 is 0 Å². The molecule has 1 heteroatoms. The molecule has 0 heterocycles. The predicted molar refractivity (Wildman–Crippen MR) is 74.8 cm³/mol. The number of rotatable bonds is 9. The summed E-state index contributed by atoms with van der Waals surface area (Å²) in [6.07, 6.45) is 7.00. The molecule has 0 saturated heterocycles. The van der Waals surface area contributed by atoms with E-state index < -0.39 is 0 Å². The molecular formula is C15H33N. The Morgan fingerprint density at radius 3 is 1.94 bits per heavy atom. The summed E-state index contributed by atoms with van der Waals surface area (Å²) in [7, 11) is 2.06. The molecule has 1 N–H and O–H groups in total. The van der Waals surface area contributed by atoms with Gasteiger partial charge >= 0.3 is 0 Å². The van der Waals surface area contributed by atoms with Gasteiger partial charge in [-0.25, -0.2) is 0 Å². The predicted octanol–water partition coefficient (Wildman–Crippen LogP) is 4.47. The van der Waals surface area contributed by atoms with Gasteiger partial charge in [0.05, 0.1) is 0 Å². The summed E-state index contributed by atoms with van der Waals surface area (Å²) in [6.45, 7) is 11.7. The van der Waals surface area contributed by atoms with E-state index in [9.17, 15) is 0 Å². The lowest BCUT2D eigenvalue weighted by Gasteiger charge is -2.22. The van der Waals surface area contributed by atoms with Gasteiger partial charge in [0.1, 0.15) is 0 Å². The van der Waals surface area contributed by atoms with Crippen LogP contribution in [0.1, 0.15) is 66.7 Å². The van der Waals surface area contributed by atoms with Crippen LogP contribution in [0.4, 0.5) is 0 Å². The minimum Gasteiger partial charge on any atom is -0.317 e. The van der Waals surface area contributed by atoms with Gasteiger partial charge in [-0.1, -0.05) is 53.4 Å². The van der Waals surface area contributed by atoms with Crippen molar-refractivity contribution in [2.24, 2.45) is 17.8 Å². The third-order valence-electron chi connectivity index (χ3n) is 3.81. The largest absolute Gasteiger partial charge is 0.317 e. The molecule has 0 aliphatic rings. The highest BCUT2D eigenvalue weighted by atomic mass is 14.9. The molecular weight excluding hydrogens is 194 g/mol. The number of nitrogens with one attached hydrogen (secondary N) is 1. The average molecular weight is 227 g/mol. The van der Waals surface area contributed by atoms with Crippen molar-refractivity contribution in [3.8, 4) is 0 Å². The van der Waals surface area contributed by atoms with Crippen LogP contribution in [-0.4, -0.2) is 13.1 Å². The quantitative estimate of drug-likeness (QED) is 0.573. The highest BCUT2D eigenvalue weighted by molar-refractivity contribution is 4.69. The van der Waals surface area contributed by atoms with E-state index in [0.29, 0.717) is 6.04 Å². The Bertz CT molecular complexity index is 154. The molecule has 3 atom stereocenters. The van der Waals surface area contributed by atoms with Gasteiger partial charge in [-0.05, 0) is 38.1 Å². The molecule has 0 saturated carbocycles. The first-order chi connectivity index (χ1) is 7.47. The van der Waals surface area contributed by atoms with Gasteiger partial charge < -0.3 is 5.32 Å². The topological polar surface area (TPSA) is 12.0 Å². The Balaban J connectivity index is 3.54. The fourth-order valence-corrected chi connectivity index (χ4v) is 2.29. The molecule has 98 valence electrons. The molecule has 0 fully saturated rings. The number of hydrogen-bond donors (Lipinski definition) is 1. The van der Waals surface area contributed by atoms with Crippen LogP contribution >= 0.6 is 0 Å². The summed E-state index contributed by atoms with van der Waals surface area (Å²) in [5.74, 6) is 2.56. The zero-order valence-electron chi connectivity index (χ0n) is 12.3. The summed E-state index contributed by atoms with van der Waals surface area (Å²) in [6, 6.07) is 0.651. The van der Waals surface area contributed by atoms with Crippen molar-refractivity contribution in [3.05, 3.63) is 0 Å². The average Bonchev–Trinajstić information content (AvgIpc) is 2.22. The Kier molecular flexibility index (Phi) is 9.02. The van der Waals surface area contributed by atoms with Crippen LogP contribution in [-0.2, 0) is 0 Å². The summed E-state index contributed by atoms with van der Waals surface area (Å²) in [5.41, 5.74) is 0.